The van der Waals surface area contributed by atoms with E-state index in [-0.39, 0.29) is 11.6 Å². The van der Waals surface area contributed by atoms with Gasteiger partial charge in [-0.3, -0.25) is 4.68 Å². The molecule has 0 fully saturated rings. The monoisotopic (exact) mass is 225 g/mol. The van der Waals surface area contributed by atoms with Crippen molar-refractivity contribution in [2.75, 3.05) is 7.11 Å². The molecule has 2 atom stereocenters. The van der Waals surface area contributed by atoms with Gasteiger partial charge < -0.3 is 10.5 Å². The van der Waals surface area contributed by atoms with Gasteiger partial charge >= 0.3 is 0 Å². The molecule has 1 rings (SSSR count). The van der Waals surface area contributed by atoms with Crippen LogP contribution in [0.25, 0.3) is 0 Å². The van der Waals surface area contributed by atoms with E-state index >= 15 is 0 Å². The van der Waals surface area contributed by atoms with E-state index in [1.165, 1.54) is 5.69 Å². The van der Waals surface area contributed by atoms with E-state index in [2.05, 4.69) is 18.9 Å². The third-order valence-electron chi connectivity index (χ3n) is 3.59. The lowest BCUT2D eigenvalue weighted by Gasteiger charge is -2.33. The van der Waals surface area contributed by atoms with Crippen LogP contribution in [0.1, 0.15) is 32.4 Å². The maximum Gasteiger partial charge on any atom is 0.0798 e. The van der Waals surface area contributed by atoms with Gasteiger partial charge in [-0.05, 0) is 32.3 Å². The van der Waals surface area contributed by atoms with Crippen molar-refractivity contribution in [1.82, 2.24) is 9.78 Å². The van der Waals surface area contributed by atoms with Gasteiger partial charge in [-0.25, -0.2) is 0 Å². The summed E-state index contributed by atoms with van der Waals surface area (Å²) in [5.41, 5.74) is 7.17. The summed E-state index contributed by atoms with van der Waals surface area (Å²) in [6, 6.07) is 2.08. The minimum atomic E-state index is -0.224. The number of hydrogen-bond acceptors (Lipinski definition) is 3. The number of aryl methyl sites for hydroxylation is 2. The van der Waals surface area contributed by atoms with E-state index < -0.39 is 0 Å². The zero-order chi connectivity index (χ0) is 12.2. The molecule has 1 aromatic rings. The van der Waals surface area contributed by atoms with Crippen LogP contribution in [-0.4, -0.2) is 28.5 Å². The Bertz CT molecular complexity index is 318. The first kappa shape index (κ1) is 13.2. The van der Waals surface area contributed by atoms with Crippen LogP contribution < -0.4 is 5.73 Å². The first-order valence-corrected chi connectivity index (χ1v) is 5.81. The molecule has 0 aliphatic carbocycles. The van der Waals surface area contributed by atoms with Crippen molar-refractivity contribution in [1.29, 1.82) is 0 Å². The molecule has 0 bridgehead atoms. The largest absolute Gasteiger partial charge is 0.377 e. The maximum absolute atomic E-state index is 6.19. The van der Waals surface area contributed by atoms with E-state index in [1.54, 1.807) is 7.11 Å². The van der Waals surface area contributed by atoms with Gasteiger partial charge in [0.05, 0.1) is 5.60 Å². The van der Waals surface area contributed by atoms with Gasteiger partial charge in [-0.1, -0.05) is 6.92 Å². The molecule has 1 aromatic heterocycles. The Hall–Kier alpha value is -0.870. The van der Waals surface area contributed by atoms with Gasteiger partial charge in [0, 0.05) is 32.1 Å². The van der Waals surface area contributed by atoms with E-state index in [4.69, 9.17) is 10.5 Å². The summed E-state index contributed by atoms with van der Waals surface area (Å²) in [6.07, 6.45) is 4.60. The van der Waals surface area contributed by atoms with Crippen molar-refractivity contribution >= 4 is 0 Å². The third-order valence-corrected chi connectivity index (χ3v) is 3.59. The third kappa shape index (κ3) is 2.83. The molecular formula is C12H23N3O. The summed E-state index contributed by atoms with van der Waals surface area (Å²) >= 11 is 0. The van der Waals surface area contributed by atoms with Crippen LogP contribution in [0.5, 0.6) is 0 Å². The summed E-state index contributed by atoms with van der Waals surface area (Å²) in [5, 5.41) is 4.14. The minimum absolute atomic E-state index is 0.0531. The van der Waals surface area contributed by atoms with Crippen LogP contribution in [0.15, 0.2) is 12.3 Å². The van der Waals surface area contributed by atoms with Gasteiger partial charge in [0.2, 0.25) is 0 Å². The highest BCUT2D eigenvalue weighted by atomic mass is 16.5. The summed E-state index contributed by atoms with van der Waals surface area (Å²) in [6.45, 7) is 4.17. The van der Waals surface area contributed by atoms with Gasteiger partial charge in [0.1, 0.15) is 0 Å². The minimum Gasteiger partial charge on any atom is -0.377 e. The SMILES string of the molecule is CCC(C)(OC)C(N)CCc1ccnn1C. The summed E-state index contributed by atoms with van der Waals surface area (Å²) < 4.78 is 7.39. The highest BCUT2D eigenvalue weighted by Crippen LogP contribution is 2.21. The number of ether oxygens (including phenoxy) is 1. The maximum atomic E-state index is 6.19. The Labute approximate surface area is 97.8 Å². The molecule has 16 heavy (non-hydrogen) atoms. The Morgan fingerprint density at radius 3 is 2.75 bits per heavy atom. The second kappa shape index (κ2) is 5.46. The molecule has 0 spiro atoms. The second-order valence-corrected chi connectivity index (χ2v) is 4.46. The van der Waals surface area contributed by atoms with Gasteiger partial charge in [0.25, 0.3) is 0 Å². The predicted octanol–water partition coefficient (Wildman–Crippen LogP) is 1.50. The van der Waals surface area contributed by atoms with E-state index in [0.29, 0.717) is 0 Å². The Balaban J connectivity index is 2.52. The second-order valence-electron chi connectivity index (χ2n) is 4.46. The molecule has 0 aliphatic rings. The van der Waals surface area contributed by atoms with Crippen molar-refractivity contribution in [3.05, 3.63) is 18.0 Å². The number of methoxy groups -OCH3 is 1. The van der Waals surface area contributed by atoms with Crippen LogP contribution in [-0.2, 0) is 18.2 Å². The lowest BCUT2D eigenvalue weighted by atomic mass is 9.90. The van der Waals surface area contributed by atoms with E-state index in [0.717, 1.165) is 19.3 Å². The fourth-order valence-corrected chi connectivity index (χ4v) is 1.81. The van der Waals surface area contributed by atoms with Crippen LogP contribution in [0.4, 0.5) is 0 Å². The van der Waals surface area contributed by atoms with Crippen molar-refractivity contribution in [3.8, 4) is 0 Å². The lowest BCUT2D eigenvalue weighted by molar-refractivity contribution is -0.0205. The smallest absolute Gasteiger partial charge is 0.0798 e. The normalized spacial score (nSPS) is 17.1. The summed E-state index contributed by atoms with van der Waals surface area (Å²) in [4.78, 5) is 0. The lowest BCUT2D eigenvalue weighted by Crippen LogP contribution is -2.47. The Morgan fingerprint density at radius 1 is 1.62 bits per heavy atom. The average molecular weight is 225 g/mol. The molecule has 0 radical (unpaired) electrons. The summed E-state index contributed by atoms with van der Waals surface area (Å²) in [5.74, 6) is 0. The zero-order valence-electron chi connectivity index (χ0n) is 10.7. The topological polar surface area (TPSA) is 53.1 Å². The predicted molar refractivity (Wildman–Crippen MR) is 65.2 cm³/mol. The standard InChI is InChI=1S/C12H23N3O/c1-5-12(2,16-4)11(13)7-6-10-8-9-14-15(10)3/h8-9,11H,5-7,13H2,1-4H3. The van der Waals surface area contributed by atoms with Crippen LogP contribution >= 0.6 is 0 Å². The van der Waals surface area contributed by atoms with Crippen LogP contribution in [0.2, 0.25) is 0 Å². The molecule has 0 amide bonds. The van der Waals surface area contributed by atoms with Gasteiger partial charge in [0.15, 0.2) is 0 Å². The molecule has 92 valence electrons. The number of aromatic nitrogens is 2. The summed E-state index contributed by atoms with van der Waals surface area (Å²) in [7, 11) is 3.68. The number of rotatable bonds is 6. The number of hydrogen-bond donors (Lipinski definition) is 1. The molecule has 0 saturated heterocycles. The van der Waals surface area contributed by atoms with Crippen LogP contribution in [0, 0.1) is 0 Å². The van der Waals surface area contributed by atoms with Crippen molar-refractivity contribution in [2.24, 2.45) is 12.8 Å². The highest BCUT2D eigenvalue weighted by Gasteiger charge is 2.29. The molecule has 0 saturated carbocycles. The molecule has 0 aliphatic heterocycles. The molecule has 0 aromatic carbocycles. The quantitative estimate of drug-likeness (QED) is 0.798. The number of nitrogens with two attached hydrogens (primary N) is 1. The van der Waals surface area contributed by atoms with Crippen LogP contribution in [0.3, 0.4) is 0 Å². The van der Waals surface area contributed by atoms with Gasteiger partial charge in [-0.15, -0.1) is 0 Å². The molecular weight excluding hydrogens is 202 g/mol. The first-order chi connectivity index (χ1) is 7.53. The van der Waals surface area contributed by atoms with E-state index in [9.17, 15) is 0 Å². The number of nitrogens with zero attached hydrogens (tertiary/aromatic N) is 2. The average Bonchev–Trinajstić information content (AvgIpc) is 2.70. The van der Waals surface area contributed by atoms with Crippen molar-refractivity contribution in [2.45, 2.75) is 44.8 Å². The van der Waals surface area contributed by atoms with Crippen molar-refractivity contribution in [3.63, 3.8) is 0 Å². The molecule has 1 heterocycles. The van der Waals surface area contributed by atoms with Gasteiger partial charge in [-0.2, -0.15) is 5.10 Å². The fourth-order valence-electron chi connectivity index (χ4n) is 1.81. The zero-order valence-corrected chi connectivity index (χ0v) is 10.7. The Morgan fingerprint density at radius 2 is 2.31 bits per heavy atom. The highest BCUT2D eigenvalue weighted by molar-refractivity contribution is 5.01. The van der Waals surface area contributed by atoms with Crippen molar-refractivity contribution < 1.29 is 4.74 Å². The molecule has 2 unspecified atom stereocenters. The van der Waals surface area contributed by atoms with E-state index in [1.807, 2.05) is 24.0 Å². The molecule has 2 N–H and O–H groups in total. The molecule has 4 heteroatoms. The fraction of sp³-hybridized carbons (Fsp3) is 0.750. The Kier molecular flexibility index (Phi) is 4.50. The molecule has 4 nitrogen and oxygen atoms in total. The first-order valence-electron chi connectivity index (χ1n) is 5.81.